The average molecular weight is 411 g/mol. The molecule has 2 aromatic carbocycles. The minimum absolute atomic E-state index is 0.0475. The Bertz CT molecular complexity index is 949. The van der Waals surface area contributed by atoms with Gasteiger partial charge in [-0.05, 0) is 28.3 Å². The Morgan fingerprint density at radius 1 is 1.00 bits per heavy atom. The molecule has 1 heterocycles. The first-order valence-electron chi connectivity index (χ1n) is 9.10. The molecular formula is C19H21N7O4. The van der Waals surface area contributed by atoms with Gasteiger partial charge < -0.3 is 10.2 Å². The van der Waals surface area contributed by atoms with E-state index in [1.165, 1.54) is 0 Å². The molecule has 0 spiro atoms. The highest BCUT2D eigenvalue weighted by Crippen LogP contribution is 2.19. The van der Waals surface area contributed by atoms with Crippen molar-refractivity contribution in [2.24, 2.45) is 0 Å². The number of H-pyrrole nitrogens is 1. The first-order valence-corrected chi connectivity index (χ1v) is 9.10. The summed E-state index contributed by atoms with van der Waals surface area (Å²) >= 11 is 0. The number of tetrazole rings is 1. The van der Waals surface area contributed by atoms with Crippen molar-refractivity contribution in [1.82, 2.24) is 31.4 Å². The fraction of sp³-hybridized carbons (Fsp3) is 0.211. The molecule has 1 amide bonds. The number of carbonyl (C=O) groups is 2. The lowest BCUT2D eigenvalue weighted by atomic mass is 10.00. The molecular weight excluding hydrogens is 390 g/mol. The number of benzene rings is 2. The maximum Gasteiger partial charge on any atom is 0.323 e. The van der Waals surface area contributed by atoms with Gasteiger partial charge in [0.05, 0.1) is 12.6 Å². The minimum Gasteiger partial charge on any atom is -0.480 e. The second kappa shape index (κ2) is 10.1. The fourth-order valence-electron chi connectivity index (χ4n) is 2.79. The van der Waals surface area contributed by atoms with Crippen LogP contribution < -0.4 is 16.2 Å². The third-order valence-corrected chi connectivity index (χ3v) is 4.34. The standard InChI is InChI=1S/C19H21N7O4/c27-11-16(18(29)30)20-15(17(28)21-22-19-23-25-26-24-19)10-12-6-8-14(9-7-12)13-4-2-1-3-5-13/h1-9,15-16,20,27H,10-11H2,(H,21,28)(H,29,30)(H2,22,23,24,25,26)/t15-,16-/m0/s1. The normalized spacial score (nSPS) is 12.7. The predicted molar refractivity (Wildman–Crippen MR) is 107 cm³/mol. The Hall–Kier alpha value is -3.83. The number of amides is 1. The molecule has 0 aliphatic carbocycles. The van der Waals surface area contributed by atoms with Crippen molar-refractivity contribution in [1.29, 1.82) is 0 Å². The van der Waals surface area contributed by atoms with Crippen molar-refractivity contribution in [3.05, 3.63) is 60.2 Å². The van der Waals surface area contributed by atoms with E-state index < -0.39 is 30.6 Å². The first kappa shape index (κ1) is 20.9. The van der Waals surface area contributed by atoms with E-state index in [2.05, 4.69) is 36.8 Å². The van der Waals surface area contributed by atoms with Gasteiger partial charge in [0, 0.05) is 0 Å². The highest BCUT2D eigenvalue weighted by molar-refractivity contribution is 5.84. The molecule has 2 atom stereocenters. The number of aliphatic carboxylic acids is 1. The number of anilines is 1. The Morgan fingerprint density at radius 2 is 1.70 bits per heavy atom. The van der Waals surface area contributed by atoms with Crippen molar-refractivity contribution < 1.29 is 19.8 Å². The number of hydrazine groups is 1. The number of aliphatic hydroxyl groups is 1. The number of aromatic amines is 1. The molecule has 0 radical (unpaired) electrons. The van der Waals surface area contributed by atoms with E-state index in [9.17, 15) is 19.8 Å². The van der Waals surface area contributed by atoms with E-state index in [4.69, 9.17) is 0 Å². The summed E-state index contributed by atoms with van der Waals surface area (Å²) < 4.78 is 0. The number of carboxylic acids is 1. The second-order valence-corrected chi connectivity index (χ2v) is 6.41. The van der Waals surface area contributed by atoms with Crippen molar-refractivity contribution in [2.75, 3.05) is 12.0 Å². The summed E-state index contributed by atoms with van der Waals surface area (Å²) in [4.78, 5) is 23.9. The molecule has 3 aromatic rings. The third kappa shape index (κ3) is 5.59. The van der Waals surface area contributed by atoms with Crippen LogP contribution in [0.2, 0.25) is 0 Å². The zero-order valence-corrected chi connectivity index (χ0v) is 15.8. The topological polar surface area (TPSA) is 165 Å². The maximum absolute atomic E-state index is 12.6. The Morgan fingerprint density at radius 3 is 2.30 bits per heavy atom. The van der Waals surface area contributed by atoms with Gasteiger partial charge in [0.1, 0.15) is 6.04 Å². The van der Waals surface area contributed by atoms with Gasteiger partial charge in [0.25, 0.3) is 11.9 Å². The molecule has 0 saturated carbocycles. The van der Waals surface area contributed by atoms with Crippen LogP contribution in [-0.4, -0.2) is 61.4 Å². The van der Waals surface area contributed by atoms with Crippen LogP contribution in [0.25, 0.3) is 11.1 Å². The lowest BCUT2D eigenvalue weighted by Crippen LogP contribution is -2.54. The predicted octanol–water partition coefficient (Wildman–Crippen LogP) is -0.0438. The van der Waals surface area contributed by atoms with Gasteiger partial charge >= 0.3 is 5.97 Å². The quantitative estimate of drug-likeness (QED) is 0.251. The van der Waals surface area contributed by atoms with Crippen LogP contribution in [0.5, 0.6) is 0 Å². The van der Waals surface area contributed by atoms with Gasteiger partial charge in [-0.2, -0.15) is 5.21 Å². The number of carbonyl (C=O) groups excluding carboxylic acids is 1. The van der Waals surface area contributed by atoms with E-state index in [0.717, 1.165) is 16.7 Å². The molecule has 6 N–H and O–H groups in total. The summed E-state index contributed by atoms with van der Waals surface area (Å²) in [6.07, 6.45) is 0.193. The molecule has 1 aromatic heterocycles. The van der Waals surface area contributed by atoms with Gasteiger partial charge in [0.15, 0.2) is 0 Å². The monoisotopic (exact) mass is 411 g/mol. The van der Waals surface area contributed by atoms with E-state index in [1.807, 2.05) is 54.6 Å². The Kier molecular flexibility index (Phi) is 7.03. The van der Waals surface area contributed by atoms with Crippen LogP contribution in [0.15, 0.2) is 54.6 Å². The van der Waals surface area contributed by atoms with E-state index in [1.54, 1.807) is 0 Å². The van der Waals surface area contributed by atoms with Crippen molar-refractivity contribution in [3.63, 3.8) is 0 Å². The molecule has 0 unspecified atom stereocenters. The highest BCUT2D eigenvalue weighted by Gasteiger charge is 2.26. The van der Waals surface area contributed by atoms with Gasteiger partial charge in [-0.25, -0.2) is 0 Å². The summed E-state index contributed by atoms with van der Waals surface area (Å²) in [7, 11) is 0. The molecule has 0 aliphatic rings. The Balaban J connectivity index is 1.72. The van der Waals surface area contributed by atoms with Crippen molar-refractivity contribution >= 4 is 17.8 Å². The Labute approximate surface area is 171 Å². The molecule has 30 heavy (non-hydrogen) atoms. The lowest BCUT2D eigenvalue weighted by Gasteiger charge is -2.22. The number of carboxylic acid groups (broad SMARTS) is 1. The summed E-state index contributed by atoms with van der Waals surface area (Å²) in [6, 6.07) is 15.2. The molecule has 0 saturated heterocycles. The molecule has 11 heteroatoms. The van der Waals surface area contributed by atoms with Crippen LogP contribution in [0.3, 0.4) is 0 Å². The van der Waals surface area contributed by atoms with Gasteiger partial charge in [0.2, 0.25) is 0 Å². The average Bonchev–Trinajstić information content (AvgIpc) is 3.29. The first-order chi connectivity index (χ1) is 14.6. The largest absolute Gasteiger partial charge is 0.480 e. The van der Waals surface area contributed by atoms with E-state index >= 15 is 0 Å². The second-order valence-electron chi connectivity index (χ2n) is 6.41. The number of aliphatic hydroxyl groups excluding tert-OH is 1. The highest BCUT2D eigenvalue weighted by atomic mass is 16.4. The molecule has 0 bridgehead atoms. The number of nitrogens with one attached hydrogen (secondary N) is 4. The van der Waals surface area contributed by atoms with Crippen molar-refractivity contribution in [2.45, 2.75) is 18.5 Å². The number of rotatable bonds is 10. The summed E-state index contributed by atoms with van der Waals surface area (Å²) in [5.41, 5.74) is 7.77. The zero-order valence-electron chi connectivity index (χ0n) is 15.8. The van der Waals surface area contributed by atoms with E-state index in [0.29, 0.717) is 0 Å². The summed E-state index contributed by atoms with van der Waals surface area (Å²) in [5.74, 6) is -1.77. The smallest absolute Gasteiger partial charge is 0.323 e. The molecule has 0 fully saturated rings. The van der Waals surface area contributed by atoms with Crippen LogP contribution in [0.1, 0.15) is 5.56 Å². The van der Waals surface area contributed by atoms with Gasteiger partial charge in [-0.1, -0.05) is 59.7 Å². The summed E-state index contributed by atoms with van der Waals surface area (Å²) in [5, 5.41) is 34.1. The van der Waals surface area contributed by atoms with Crippen LogP contribution in [0.4, 0.5) is 5.95 Å². The van der Waals surface area contributed by atoms with E-state index in [-0.39, 0.29) is 12.4 Å². The van der Waals surface area contributed by atoms with Gasteiger partial charge in [-0.15, -0.1) is 5.10 Å². The SMILES string of the molecule is O=C(O)[C@H](CO)N[C@@H](Cc1ccc(-c2ccccc2)cc1)C(=O)NNc1nn[nH]n1. The van der Waals surface area contributed by atoms with Crippen molar-refractivity contribution in [3.8, 4) is 11.1 Å². The fourth-order valence-corrected chi connectivity index (χ4v) is 2.79. The lowest BCUT2D eigenvalue weighted by molar-refractivity contribution is -0.141. The van der Waals surface area contributed by atoms with Gasteiger partial charge in [-0.3, -0.25) is 25.8 Å². The molecule has 3 rings (SSSR count). The summed E-state index contributed by atoms with van der Waals surface area (Å²) in [6.45, 7) is -0.662. The maximum atomic E-state index is 12.6. The number of hydrogen-bond donors (Lipinski definition) is 6. The molecule has 156 valence electrons. The number of aromatic nitrogens is 4. The van der Waals surface area contributed by atoms with Crippen LogP contribution >= 0.6 is 0 Å². The third-order valence-electron chi connectivity index (χ3n) is 4.34. The minimum atomic E-state index is -1.30. The number of nitrogens with zero attached hydrogens (tertiary/aromatic N) is 3. The number of hydrogen-bond acceptors (Lipinski definition) is 8. The van der Waals surface area contributed by atoms with Crippen LogP contribution in [-0.2, 0) is 16.0 Å². The van der Waals surface area contributed by atoms with Crippen LogP contribution in [0, 0.1) is 0 Å². The molecule has 0 aliphatic heterocycles. The zero-order chi connectivity index (χ0) is 21.3. The molecule has 11 nitrogen and oxygen atoms in total.